The van der Waals surface area contributed by atoms with Gasteiger partial charge in [0, 0.05) is 27.4 Å². The molecule has 0 aliphatic heterocycles. The first-order valence-electron chi connectivity index (χ1n) is 5.09. The Kier molecular flexibility index (Phi) is 7.32. The zero-order valence-electron chi connectivity index (χ0n) is 9.90. The zero-order valence-corrected chi connectivity index (χ0v) is 10.9. The van der Waals surface area contributed by atoms with Crippen LogP contribution in [0.15, 0.2) is 24.3 Å². The largest absolute Gasteiger partial charge is 0.508 e. The van der Waals surface area contributed by atoms with Crippen LogP contribution in [-0.2, 0) is 19.7 Å². The van der Waals surface area contributed by atoms with E-state index in [1.807, 2.05) is 12.1 Å². The van der Waals surface area contributed by atoms with Crippen molar-refractivity contribution in [1.82, 2.24) is 0 Å². The summed E-state index contributed by atoms with van der Waals surface area (Å²) >= 11 is 0. The zero-order chi connectivity index (χ0) is 12.0. The Balaban J connectivity index is 0.00000256. The van der Waals surface area contributed by atoms with Gasteiger partial charge in [-0.1, -0.05) is 12.1 Å². The van der Waals surface area contributed by atoms with E-state index < -0.39 is 8.80 Å². The second-order valence-electron chi connectivity index (χ2n) is 3.46. The SMILES string of the molecule is CO[Si](CCc1ccc(O)cc1)(OC)OC.[SiH4]. The molecule has 0 aliphatic carbocycles. The van der Waals surface area contributed by atoms with Crippen molar-refractivity contribution in [3.63, 3.8) is 0 Å². The van der Waals surface area contributed by atoms with Gasteiger partial charge in [-0.05, 0) is 35.1 Å². The van der Waals surface area contributed by atoms with E-state index in [0.29, 0.717) is 0 Å². The van der Waals surface area contributed by atoms with Crippen molar-refractivity contribution in [1.29, 1.82) is 0 Å². The summed E-state index contributed by atoms with van der Waals surface area (Å²) in [5.41, 5.74) is 1.13. The fraction of sp³-hybridized carbons (Fsp3) is 0.455. The molecule has 0 atom stereocenters. The first-order valence-corrected chi connectivity index (χ1v) is 7.02. The van der Waals surface area contributed by atoms with Gasteiger partial charge in [-0.25, -0.2) is 0 Å². The van der Waals surface area contributed by atoms with E-state index in [1.54, 1.807) is 33.5 Å². The summed E-state index contributed by atoms with van der Waals surface area (Å²) in [6.07, 6.45) is 0.808. The molecule has 0 saturated heterocycles. The summed E-state index contributed by atoms with van der Waals surface area (Å²) in [6, 6.07) is 7.84. The fourth-order valence-electron chi connectivity index (χ4n) is 1.52. The summed E-state index contributed by atoms with van der Waals surface area (Å²) in [4.78, 5) is 0. The predicted octanol–water partition coefficient (Wildman–Crippen LogP) is 0.361. The lowest BCUT2D eigenvalue weighted by Crippen LogP contribution is -2.43. The van der Waals surface area contributed by atoms with Gasteiger partial charge in [-0.15, -0.1) is 0 Å². The molecule has 0 saturated carbocycles. The van der Waals surface area contributed by atoms with Gasteiger partial charge < -0.3 is 18.4 Å². The molecule has 1 aromatic carbocycles. The molecule has 0 aliphatic rings. The van der Waals surface area contributed by atoms with Gasteiger partial charge in [0.15, 0.2) is 0 Å². The number of rotatable bonds is 6. The molecular formula is C11H22O4Si2. The van der Waals surface area contributed by atoms with Crippen LogP contribution in [0.4, 0.5) is 0 Å². The maximum Gasteiger partial charge on any atom is 0.500 e. The maximum absolute atomic E-state index is 9.16. The molecule has 0 fully saturated rings. The van der Waals surface area contributed by atoms with E-state index in [1.165, 1.54) is 0 Å². The molecule has 17 heavy (non-hydrogen) atoms. The van der Waals surface area contributed by atoms with Gasteiger partial charge in [-0.2, -0.15) is 0 Å². The minimum atomic E-state index is -2.48. The van der Waals surface area contributed by atoms with Crippen molar-refractivity contribution < 1.29 is 18.4 Å². The van der Waals surface area contributed by atoms with Crippen LogP contribution >= 0.6 is 0 Å². The maximum atomic E-state index is 9.16. The Labute approximate surface area is 108 Å². The normalized spacial score (nSPS) is 11.0. The molecule has 0 bridgehead atoms. The molecule has 6 heteroatoms. The highest BCUT2D eigenvalue weighted by atomic mass is 28.4. The lowest BCUT2D eigenvalue weighted by Gasteiger charge is -2.24. The molecule has 0 aromatic heterocycles. The second-order valence-corrected chi connectivity index (χ2v) is 6.55. The quantitative estimate of drug-likeness (QED) is 0.761. The Hall–Kier alpha value is -0.666. The molecule has 0 unspecified atom stereocenters. The van der Waals surface area contributed by atoms with Gasteiger partial charge in [0.25, 0.3) is 0 Å². The third-order valence-corrected chi connectivity index (χ3v) is 5.32. The van der Waals surface area contributed by atoms with E-state index in [0.717, 1.165) is 18.0 Å². The first-order chi connectivity index (χ1) is 7.65. The Morgan fingerprint density at radius 1 is 1.00 bits per heavy atom. The van der Waals surface area contributed by atoms with E-state index in [4.69, 9.17) is 18.4 Å². The topological polar surface area (TPSA) is 47.9 Å². The molecule has 1 aromatic rings. The number of phenolic OH excluding ortho intramolecular Hbond substituents is 1. The standard InChI is InChI=1S/C11H18O4Si.H4Si/c1-13-16(14-2,15-3)9-8-10-4-6-11(12)7-5-10;/h4-7,12H,8-9H2,1-3H3;1H4. The highest BCUT2D eigenvalue weighted by molar-refractivity contribution is 6.60. The number of aryl methyl sites for hydroxylation is 1. The third kappa shape index (κ3) is 4.60. The lowest BCUT2D eigenvalue weighted by atomic mass is 10.2. The summed E-state index contributed by atoms with van der Waals surface area (Å²) in [5, 5.41) is 9.16. The van der Waals surface area contributed by atoms with Crippen LogP contribution in [-0.4, -0.2) is 46.2 Å². The smallest absolute Gasteiger partial charge is 0.500 e. The molecule has 1 rings (SSSR count). The first kappa shape index (κ1) is 16.3. The summed E-state index contributed by atoms with van der Waals surface area (Å²) in [5.74, 6) is 0.275. The minimum Gasteiger partial charge on any atom is -0.508 e. The monoisotopic (exact) mass is 274 g/mol. The molecule has 0 spiro atoms. The van der Waals surface area contributed by atoms with Crippen molar-refractivity contribution in [2.45, 2.75) is 12.5 Å². The Bertz CT molecular complexity index is 303. The summed E-state index contributed by atoms with van der Waals surface area (Å²) in [6.45, 7) is 0. The molecule has 98 valence electrons. The predicted molar refractivity (Wildman–Crippen MR) is 74.7 cm³/mol. The van der Waals surface area contributed by atoms with Crippen molar-refractivity contribution in [2.75, 3.05) is 21.3 Å². The highest BCUT2D eigenvalue weighted by Crippen LogP contribution is 2.18. The van der Waals surface area contributed by atoms with Gasteiger partial charge in [0.1, 0.15) is 5.75 Å². The van der Waals surface area contributed by atoms with Crippen LogP contribution in [0.5, 0.6) is 5.75 Å². The van der Waals surface area contributed by atoms with Crippen LogP contribution in [0.1, 0.15) is 5.56 Å². The van der Waals surface area contributed by atoms with Gasteiger partial charge in [0.2, 0.25) is 0 Å². The Morgan fingerprint density at radius 2 is 1.47 bits per heavy atom. The highest BCUT2D eigenvalue weighted by Gasteiger charge is 2.36. The molecule has 1 N–H and O–H groups in total. The number of hydrogen-bond donors (Lipinski definition) is 1. The fourth-order valence-corrected chi connectivity index (χ4v) is 3.22. The average molecular weight is 274 g/mol. The van der Waals surface area contributed by atoms with Crippen LogP contribution in [0.2, 0.25) is 6.04 Å². The summed E-state index contributed by atoms with van der Waals surface area (Å²) in [7, 11) is 2.35. The van der Waals surface area contributed by atoms with E-state index >= 15 is 0 Å². The minimum absolute atomic E-state index is 0. The van der Waals surface area contributed by atoms with Crippen molar-refractivity contribution in [3.05, 3.63) is 29.8 Å². The molecular weight excluding hydrogens is 252 g/mol. The van der Waals surface area contributed by atoms with Crippen LogP contribution < -0.4 is 0 Å². The van der Waals surface area contributed by atoms with Crippen LogP contribution in [0.25, 0.3) is 0 Å². The van der Waals surface area contributed by atoms with Gasteiger partial charge in [0.05, 0.1) is 0 Å². The van der Waals surface area contributed by atoms with E-state index in [2.05, 4.69) is 0 Å². The lowest BCUT2D eigenvalue weighted by molar-refractivity contribution is 0.123. The average Bonchev–Trinajstić information content (AvgIpc) is 2.34. The summed E-state index contributed by atoms with van der Waals surface area (Å²) < 4.78 is 16.0. The number of hydrogen-bond acceptors (Lipinski definition) is 4. The van der Waals surface area contributed by atoms with Crippen molar-refractivity contribution in [2.24, 2.45) is 0 Å². The number of phenols is 1. The van der Waals surface area contributed by atoms with E-state index in [-0.39, 0.29) is 16.7 Å². The van der Waals surface area contributed by atoms with Crippen LogP contribution in [0.3, 0.4) is 0 Å². The number of aromatic hydroxyl groups is 1. The van der Waals surface area contributed by atoms with Gasteiger partial charge >= 0.3 is 8.80 Å². The molecule has 0 amide bonds. The Morgan fingerprint density at radius 3 is 1.88 bits per heavy atom. The third-order valence-electron chi connectivity index (χ3n) is 2.59. The molecule has 0 radical (unpaired) electrons. The van der Waals surface area contributed by atoms with Gasteiger partial charge in [-0.3, -0.25) is 0 Å². The molecule has 0 heterocycles. The molecule has 4 nitrogen and oxygen atoms in total. The van der Waals surface area contributed by atoms with Crippen molar-refractivity contribution in [3.8, 4) is 5.75 Å². The number of benzene rings is 1. The second kappa shape index (κ2) is 7.62. The van der Waals surface area contributed by atoms with Crippen LogP contribution in [0, 0.1) is 0 Å². The van der Waals surface area contributed by atoms with Crippen molar-refractivity contribution >= 4 is 19.8 Å². The van der Waals surface area contributed by atoms with E-state index in [9.17, 15) is 0 Å².